The van der Waals surface area contributed by atoms with Crippen LogP contribution in [-0.2, 0) is 4.74 Å². The molecule has 1 unspecified atom stereocenters. The monoisotopic (exact) mass is 268 g/mol. The van der Waals surface area contributed by atoms with Crippen molar-refractivity contribution >= 4 is 17.3 Å². The summed E-state index contributed by atoms with van der Waals surface area (Å²) >= 11 is 0. The number of hydrogen-bond acceptors (Lipinski definition) is 4. The molecule has 1 aliphatic heterocycles. The van der Waals surface area contributed by atoms with E-state index < -0.39 is 11.8 Å². The summed E-state index contributed by atoms with van der Waals surface area (Å²) in [6.45, 7) is 3.63. The molecule has 1 fully saturated rings. The fourth-order valence-corrected chi connectivity index (χ4v) is 2.36. The van der Waals surface area contributed by atoms with Gasteiger partial charge in [0.05, 0.1) is 30.6 Å². The second kappa shape index (κ2) is 5.44. The highest BCUT2D eigenvalue weighted by atomic mass is 19.1. The number of halogens is 1. The number of nitrogen functional groups attached to an aromatic ring is 1. The molecule has 5 nitrogen and oxygen atoms in total. The Balaban J connectivity index is 2.49. The minimum atomic E-state index is -1.21. The number of anilines is 2. The molecule has 1 aliphatic rings. The van der Waals surface area contributed by atoms with Crippen LogP contribution in [0.2, 0.25) is 0 Å². The van der Waals surface area contributed by atoms with Crippen molar-refractivity contribution in [1.82, 2.24) is 0 Å². The number of morpholine rings is 1. The molecule has 0 spiro atoms. The first-order valence-corrected chi connectivity index (χ1v) is 6.22. The van der Waals surface area contributed by atoms with E-state index in [-0.39, 0.29) is 17.3 Å². The number of carbonyl (C=O) groups is 1. The Hall–Kier alpha value is -1.82. The van der Waals surface area contributed by atoms with Crippen LogP contribution in [0.1, 0.15) is 23.7 Å². The zero-order valence-corrected chi connectivity index (χ0v) is 10.7. The molecule has 0 saturated carbocycles. The molecule has 0 aliphatic carbocycles. The van der Waals surface area contributed by atoms with Crippen LogP contribution >= 0.6 is 0 Å². The number of benzene rings is 1. The molecule has 3 N–H and O–H groups in total. The minimum Gasteiger partial charge on any atom is -0.478 e. The molecule has 0 aromatic heterocycles. The normalized spacial score (nSPS) is 19.5. The summed E-state index contributed by atoms with van der Waals surface area (Å²) in [5.74, 6) is -1.92. The van der Waals surface area contributed by atoms with Crippen molar-refractivity contribution in [3.63, 3.8) is 0 Å². The van der Waals surface area contributed by atoms with E-state index in [9.17, 15) is 14.3 Å². The highest BCUT2D eigenvalue weighted by Crippen LogP contribution is 2.31. The van der Waals surface area contributed by atoms with E-state index in [1.165, 1.54) is 12.1 Å². The second-order valence-corrected chi connectivity index (χ2v) is 4.49. The number of aromatic carboxylic acids is 1. The molecule has 0 radical (unpaired) electrons. The zero-order chi connectivity index (χ0) is 14.0. The maximum Gasteiger partial charge on any atom is 0.340 e. The maximum atomic E-state index is 13.4. The number of rotatable bonds is 3. The fraction of sp³-hybridized carbons (Fsp3) is 0.462. The van der Waals surface area contributed by atoms with Crippen molar-refractivity contribution in [1.29, 1.82) is 0 Å². The summed E-state index contributed by atoms with van der Waals surface area (Å²) < 4.78 is 18.8. The zero-order valence-electron chi connectivity index (χ0n) is 10.7. The Morgan fingerprint density at radius 2 is 2.37 bits per heavy atom. The highest BCUT2D eigenvalue weighted by Gasteiger charge is 2.27. The molecule has 6 heteroatoms. The van der Waals surface area contributed by atoms with Crippen LogP contribution in [0, 0.1) is 5.82 Å². The summed E-state index contributed by atoms with van der Waals surface area (Å²) in [6.07, 6.45) is 0.816. The van der Waals surface area contributed by atoms with E-state index in [2.05, 4.69) is 0 Å². The third-order valence-electron chi connectivity index (χ3n) is 3.39. The van der Waals surface area contributed by atoms with Crippen LogP contribution in [0.5, 0.6) is 0 Å². The number of nitrogens with two attached hydrogens (primary N) is 1. The molecular formula is C13H17FN2O3. The van der Waals surface area contributed by atoms with E-state index in [4.69, 9.17) is 10.5 Å². The van der Waals surface area contributed by atoms with Crippen LogP contribution in [0.15, 0.2) is 12.1 Å². The number of carboxylic acid groups (broad SMARTS) is 1. The van der Waals surface area contributed by atoms with Crippen LogP contribution < -0.4 is 10.6 Å². The lowest BCUT2D eigenvalue weighted by Crippen LogP contribution is -2.45. The molecule has 1 atom stereocenters. The summed E-state index contributed by atoms with van der Waals surface area (Å²) in [7, 11) is 0. The van der Waals surface area contributed by atoms with Crippen LogP contribution in [0.4, 0.5) is 15.8 Å². The predicted molar refractivity (Wildman–Crippen MR) is 70.0 cm³/mol. The summed E-state index contributed by atoms with van der Waals surface area (Å²) in [4.78, 5) is 13.3. The van der Waals surface area contributed by atoms with Gasteiger partial charge in [-0.05, 0) is 18.6 Å². The molecule has 104 valence electrons. The number of ether oxygens (including phenoxy) is 1. The maximum absolute atomic E-state index is 13.4. The fourth-order valence-electron chi connectivity index (χ4n) is 2.36. The van der Waals surface area contributed by atoms with Gasteiger partial charge in [0, 0.05) is 6.54 Å². The molecule has 2 rings (SSSR count). The van der Waals surface area contributed by atoms with E-state index >= 15 is 0 Å². The Morgan fingerprint density at radius 3 is 3.00 bits per heavy atom. The first-order chi connectivity index (χ1) is 9.06. The van der Waals surface area contributed by atoms with E-state index in [0.717, 1.165) is 6.42 Å². The summed E-state index contributed by atoms with van der Waals surface area (Å²) in [5, 5.41) is 9.26. The lowest BCUT2D eigenvalue weighted by atomic mass is 10.1. The van der Waals surface area contributed by atoms with Crippen molar-refractivity contribution < 1.29 is 19.0 Å². The molecule has 1 aromatic rings. The van der Waals surface area contributed by atoms with Crippen LogP contribution in [0.3, 0.4) is 0 Å². The third-order valence-corrected chi connectivity index (χ3v) is 3.39. The Kier molecular flexibility index (Phi) is 3.90. The lowest BCUT2D eigenvalue weighted by molar-refractivity contribution is 0.0694. The average molecular weight is 268 g/mol. The van der Waals surface area contributed by atoms with Crippen molar-refractivity contribution in [2.24, 2.45) is 0 Å². The molecule has 19 heavy (non-hydrogen) atoms. The van der Waals surface area contributed by atoms with Gasteiger partial charge in [-0.2, -0.15) is 0 Å². The van der Waals surface area contributed by atoms with Crippen molar-refractivity contribution in [2.75, 3.05) is 30.4 Å². The molecule has 1 heterocycles. The SMILES string of the molecule is CCC1COCCN1c1ccc(F)c(N)c1C(=O)O. The van der Waals surface area contributed by atoms with E-state index in [1.807, 2.05) is 11.8 Å². The van der Waals surface area contributed by atoms with E-state index in [0.29, 0.717) is 25.4 Å². The number of nitrogens with zero attached hydrogens (tertiary/aromatic N) is 1. The van der Waals surface area contributed by atoms with Gasteiger partial charge >= 0.3 is 5.97 Å². The highest BCUT2D eigenvalue weighted by molar-refractivity contribution is 6.00. The van der Waals surface area contributed by atoms with Gasteiger partial charge in [-0.3, -0.25) is 0 Å². The minimum absolute atomic E-state index is 0.0803. The van der Waals surface area contributed by atoms with Crippen molar-refractivity contribution in [3.05, 3.63) is 23.5 Å². The van der Waals surface area contributed by atoms with Gasteiger partial charge < -0.3 is 20.5 Å². The lowest BCUT2D eigenvalue weighted by Gasteiger charge is -2.37. The van der Waals surface area contributed by atoms with Crippen LogP contribution in [-0.4, -0.2) is 36.9 Å². The second-order valence-electron chi connectivity index (χ2n) is 4.49. The molecular weight excluding hydrogens is 251 g/mol. The molecule has 1 saturated heterocycles. The third kappa shape index (κ3) is 2.49. The number of carboxylic acids is 1. The first kappa shape index (κ1) is 13.6. The predicted octanol–water partition coefficient (Wildman–Crippen LogP) is 1.72. The number of hydrogen-bond donors (Lipinski definition) is 2. The van der Waals surface area contributed by atoms with Gasteiger partial charge in [-0.15, -0.1) is 0 Å². The average Bonchev–Trinajstić information content (AvgIpc) is 2.41. The Bertz CT molecular complexity index is 493. The van der Waals surface area contributed by atoms with Gasteiger partial charge in [-0.1, -0.05) is 6.92 Å². The Morgan fingerprint density at radius 1 is 1.63 bits per heavy atom. The quantitative estimate of drug-likeness (QED) is 0.816. The van der Waals surface area contributed by atoms with Gasteiger partial charge in [0.2, 0.25) is 0 Å². The van der Waals surface area contributed by atoms with Gasteiger partial charge in [-0.25, -0.2) is 9.18 Å². The van der Waals surface area contributed by atoms with Gasteiger partial charge in [0.15, 0.2) is 0 Å². The summed E-state index contributed by atoms with van der Waals surface area (Å²) in [6, 6.07) is 2.76. The van der Waals surface area contributed by atoms with Crippen molar-refractivity contribution in [3.8, 4) is 0 Å². The summed E-state index contributed by atoms with van der Waals surface area (Å²) in [5.41, 5.74) is 5.54. The van der Waals surface area contributed by atoms with Crippen molar-refractivity contribution in [2.45, 2.75) is 19.4 Å². The van der Waals surface area contributed by atoms with Gasteiger partial charge in [0.1, 0.15) is 11.4 Å². The Labute approximate surface area is 110 Å². The standard InChI is InChI=1S/C13H17FN2O3/c1-2-8-7-19-6-5-16(8)10-4-3-9(14)12(15)11(10)13(17)18/h3-4,8H,2,5-7,15H2,1H3,(H,17,18). The first-order valence-electron chi connectivity index (χ1n) is 6.22. The van der Waals surface area contributed by atoms with Crippen LogP contribution in [0.25, 0.3) is 0 Å². The molecule has 0 amide bonds. The molecule has 1 aromatic carbocycles. The molecule has 0 bridgehead atoms. The smallest absolute Gasteiger partial charge is 0.340 e. The largest absolute Gasteiger partial charge is 0.478 e. The topological polar surface area (TPSA) is 75.8 Å². The van der Waals surface area contributed by atoms with Gasteiger partial charge in [0.25, 0.3) is 0 Å². The van der Waals surface area contributed by atoms with E-state index in [1.54, 1.807) is 0 Å².